The van der Waals surface area contributed by atoms with Crippen LogP contribution in [-0.2, 0) is 4.79 Å². The van der Waals surface area contributed by atoms with Crippen molar-refractivity contribution in [1.82, 2.24) is 4.98 Å². The second kappa shape index (κ2) is 8.25. The number of carbonyl (C=O) groups excluding carboxylic acids is 1. The minimum Gasteiger partial charge on any atom is -0.479 e. The van der Waals surface area contributed by atoms with Crippen LogP contribution in [0.4, 0.5) is 15.8 Å². The summed E-state index contributed by atoms with van der Waals surface area (Å²) in [6.07, 6.45) is 3.29. The number of hydrogen-bond acceptors (Lipinski definition) is 4. The van der Waals surface area contributed by atoms with Gasteiger partial charge < -0.3 is 15.0 Å². The van der Waals surface area contributed by atoms with Crippen LogP contribution < -0.4 is 15.0 Å². The Hall–Kier alpha value is -2.86. The zero-order valence-electron chi connectivity index (χ0n) is 16.0. The lowest BCUT2D eigenvalue weighted by atomic mass is 10.1. The molecule has 7 heteroatoms. The molecule has 1 aliphatic rings. The number of carbonyl (C=O) groups is 1. The summed E-state index contributed by atoms with van der Waals surface area (Å²) in [4.78, 5) is 19.6. The van der Waals surface area contributed by atoms with E-state index in [-0.39, 0.29) is 16.7 Å². The highest BCUT2D eigenvalue weighted by Crippen LogP contribution is 2.33. The van der Waals surface area contributed by atoms with Gasteiger partial charge in [-0.3, -0.25) is 9.78 Å². The average molecular weight is 414 g/mol. The molecule has 1 saturated heterocycles. The van der Waals surface area contributed by atoms with Crippen molar-refractivity contribution >= 4 is 39.8 Å². The first-order valence-corrected chi connectivity index (χ1v) is 9.96. The Morgan fingerprint density at radius 3 is 2.79 bits per heavy atom. The fourth-order valence-corrected chi connectivity index (χ4v) is 3.74. The van der Waals surface area contributed by atoms with E-state index in [0.717, 1.165) is 35.7 Å². The van der Waals surface area contributed by atoms with E-state index in [1.54, 1.807) is 13.1 Å². The predicted molar refractivity (Wildman–Crippen MR) is 113 cm³/mol. The third kappa shape index (κ3) is 4.12. The van der Waals surface area contributed by atoms with Crippen molar-refractivity contribution < 1.29 is 13.9 Å². The highest BCUT2D eigenvalue weighted by atomic mass is 35.5. The maximum atomic E-state index is 13.2. The standard InChI is InChI=1S/C22H21ClFN3O2/c1-14(29-20-9-6-15(24)13-17(20)23)22(28)26-18-7-8-19(27-11-2-3-12-27)21-16(18)5-4-10-25-21/h4-10,13-14H,2-3,11-12H2,1H3,(H,26,28). The average Bonchev–Trinajstić information content (AvgIpc) is 3.25. The van der Waals surface area contributed by atoms with Gasteiger partial charge >= 0.3 is 0 Å². The Labute approximate surface area is 173 Å². The normalized spacial score (nSPS) is 14.8. The zero-order valence-corrected chi connectivity index (χ0v) is 16.7. The Bertz CT molecular complexity index is 1050. The molecule has 1 aromatic heterocycles. The van der Waals surface area contributed by atoms with Crippen molar-refractivity contribution in [2.45, 2.75) is 25.9 Å². The molecular weight excluding hydrogens is 393 g/mol. The van der Waals surface area contributed by atoms with E-state index in [1.807, 2.05) is 24.3 Å². The minimum absolute atomic E-state index is 0.120. The van der Waals surface area contributed by atoms with Crippen molar-refractivity contribution in [2.75, 3.05) is 23.3 Å². The monoisotopic (exact) mass is 413 g/mol. The molecule has 1 N–H and O–H groups in total. The topological polar surface area (TPSA) is 54.5 Å². The summed E-state index contributed by atoms with van der Waals surface area (Å²) in [5.74, 6) is -0.535. The summed E-state index contributed by atoms with van der Waals surface area (Å²) in [6.45, 7) is 3.65. The first-order chi connectivity index (χ1) is 14.0. The van der Waals surface area contributed by atoms with Crippen LogP contribution in [0.25, 0.3) is 10.9 Å². The van der Waals surface area contributed by atoms with Crippen molar-refractivity contribution in [1.29, 1.82) is 0 Å². The molecule has 0 saturated carbocycles. The van der Waals surface area contributed by atoms with Crippen molar-refractivity contribution in [3.05, 3.63) is 59.5 Å². The minimum atomic E-state index is -0.817. The molecule has 2 heterocycles. The molecule has 150 valence electrons. The fourth-order valence-electron chi connectivity index (χ4n) is 3.53. The number of nitrogens with zero attached hydrogens (tertiary/aromatic N) is 2. The first-order valence-electron chi connectivity index (χ1n) is 9.58. The van der Waals surface area contributed by atoms with Crippen LogP contribution in [0.1, 0.15) is 19.8 Å². The second-order valence-electron chi connectivity index (χ2n) is 7.05. The van der Waals surface area contributed by atoms with Gasteiger partial charge in [0.1, 0.15) is 11.6 Å². The van der Waals surface area contributed by atoms with Gasteiger partial charge in [0, 0.05) is 24.7 Å². The number of anilines is 2. The first kappa shape index (κ1) is 19.5. The number of benzene rings is 2. The lowest BCUT2D eigenvalue weighted by molar-refractivity contribution is -0.122. The van der Waals surface area contributed by atoms with Gasteiger partial charge in [0.2, 0.25) is 0 Å². The maximum Gasteiger partial charge on any atom is 0.265 e. The van der Waals surface area contributed by atoms with Crippen LogP contribution in [0.2, 0.25) is 5.02 Å². The molecule has 0 bridgehead atoms. The molecule has 2 aromatic carbocycles. The number of ether oxygens (including phenoxy) is 1. The van der Waals surface area contributed by atoms with Gasteiger partial charge in [0.15, 0.2) is 6.10 Å². The molecule has 3 aromatic rings. The fraction of sp³-hybridized carbons (Fsp3) is 0.273. The smallest absolute Gasteiger partial charge is 0.265 e. The number of rotatable bonds is 5. The van der Waals surface area contributed by atoms with E-state index in [9.17, 15) is 9.18 Å². The van der Waals surface area contributed by atoms with Gasteiger partial charge in [0.05, 0.1) is 21.9 Å². The van der Waals surface area contributed by atoms with Crippen LogP contribution in [-0.4, -0.2) is 30.1 Å². The van der Waals surface area contributed by atoms with Crippen LogP contribution in [0.5, 0.6) is 5.75 Å². The third-order valence-electron chi connectivity index (χ3n) is 5.02. The number of halogens is 2. The highest BCUT2D eigenvalue weighted by Gasteiger charge is 2.20. The summed E-state index contributed by atoms with van der Waals surface area (Å²) in [7, 11) is 0. The molecule has 1 aliphatic heterocycles. The summed E-state index contributed by atoms with van der Waals surface area (Å²) in [5, 5.41) is 3.91. The molecule has 1 fully saturated rings. The largest absolute Gasteiger partial charge is 0.479 e. The quantitative estimate of drug-likeness (QED) is 0.637. The van der Waals surface area contributed by atoms with E-state index in [4.69, 9.17) is 16.3 Å². The molecule has 0 radical (unpaired) electrons. The van der Waals surface area contributed by atoms with E-state index in [1.165, 1.54) is 25.0 Å². The van der Waals surface area contributed by atoms with Crippen LogP contribution in [0.15, 0.2) is 48.7 Å². The lowest BCUT2D eigenvalue weighted by Crippen LogP contribution is -2.30. The van der Waals surface area contributed by atoms with Crippen LogP contribution in [0.3, 0.4) is 0 Å². The van der Waals surface area contributed by atoms with Gasteiger partial charge in [-0.05, 0) is 62.2 Å². The number of pyridine rings is 1. The second-order valence-corrected chi connectivity index (χ2v) is 7.46. The highest BCUT2D eigenvalue weighted by molar-refractivity contribution is 6.32. The Morgan fingerprint density at radius 1 is 1.24 bits per heavy atom. The SMILES string of the molecule is CC(Oc1ccc(F)cc1Cl)C(=O)Nc1ccc(N2CCCC2)c2ncccc12. The van der Waals surface area contributed by atoms with Gasteiger partial charge in [-0.2, -0.15) is 0 Å². The number of amides is 1. The number of fused-ring (bicyclic) bond motifs is 1. The van der Waals surface area contributed by atoms with Crippen molar-refractivity contribution in [2.24, 2.45) is 0 Å². The van der Waals surface area contributed by atoms with E-state index >= 15 is 0 Å². The molecule has 1 atom stereocenters. The molecule has 0 spiro atoms. The molecule has 0 aliphatic carbocycles. The summed E-state index contributed by atoms with van der Waals surface area (Å²) in [5.41, 5.74) is 2.61. The lowest BCUT2D eigenvalue weighted by Gasteiger charge is -2.21. The van der Waals surface area contributed by atoms with Crippen molar-refractivity contribution in [3.8, 4) is 5.75 Å². The van der Waals surface area contributed by atoms with Gasteiger partial charge in [0.25, 0.3) is 5.91 Å². The van der Waals surface area contributed by atoms with Crippen LogP contribution in [0, 0.1) is 5.82 Å². The molecule has 1 amide bonds. The summed E-state index contributed by atoms with van der Waals surface area (Å²) < 4.78 is 18.8. The molecule has 29 heavy (non-hydrogen) atoms. The summed E-state index contributed by atoms with van der Waals surface area (Å²) in [6, 6.07) is 11.5. The maximum absolute atomic E-state index is 13.2. The molecular formula is C22H21ClFN3O2. The van der Waals surface area contributed by atoms with E-state index in [2.05, 4.69) is 15.2 Å². The van der Waals surface area contributed by atoms with Gasteiger partial charge in [-0.25, -0.2) is 4.39 Å². The molecule has 1 unspecified atom stereocenters. The van der Waals surface area contributed by atoms with Gasteiger partial charge in [-0.15, -0.1) is 0 Å². The number of aromatic nitrogens is 1. The Kier molecular flexibility index (Phi) is 5.53. The van der Waals surface area contributed by atoms with E-state index < -0.39 is 11.9 Å². The third-order valence-corrected chi connectivity index (χ3v) is 5.32. The molecule has 5 nitrogen and oxygen atoms in total. The molecule has 4 rings (SSSR count). The van der Waals surface area contributed by atoms with Gasteiger partial charge in [-0.1, -0.05) is 11.6 Å². The van der Waals surface area contributed by atoms with Crippen molar-refractivity contribution in [3.63, 3.8) is 0 Å². The Morgan fingerprint density at radius 2 is 2.03 bits per heavy atom. The number of hydrogen-bond donors (Lipinski definition) is 1. The van der Waals surface area contributed by atoms with Crippen LogP contribution >= 0.6 is 11.6 Å². The number of nitrogens with one attached hydrogen (secondary N) is 1. The summed E-state index contributed by atoms with van der Waals surface area (Å²) >= 11 is 5.99. The predicted octanol–water partition coefficient (Wildman–Crippen LogP) is 5.03. The van der Waals surface area contributed by atoms with E-state index in [0.29, 0.717) is 5.69 Å². The zero-order chi connectivity index (χ0) is 20.4. The Balaban J connectivity index is 1.55.